The monoisotopic (exact) mass is 619 g/mol. The molecule has 0 fully saturated rings. The first-order chi connectivity index (χ1) is 23.8. The highest BCUT2D eigenvalue weighted by atomic mass is 15.0. The van der Waals surface area contributed by atoms with Gasteiger partial charge in [0.05, 0.1) is 22.8 Å². The lowest BCUT2D eigenvalue weighted by atomic mass is 10.0. The summed E-state index contributed by atoms with van der Waals surface area (Å²) in [5.41, 5.74) is 10.2. The van der Waals surface area contributed by atoms with Crippen LogP contribution in [-0.2, 0) is 0 Å². The molecule has 7 heteroatoms. The van der Waals surface area contributed by atoms with Crippen molar-refractivity contribution in [3.05, 3.63) is 164 Å². The summed E-state index contributed by atoms with van der Waals surface area (Å²) in [6, 6.07) is 42.5. The second-order valence-electron chi connectivity index (χ2n) is 11.3. The average Bonchev–Trinajstić information content (AvgIpc) is 3.19. The van der Waals surface area contributed by atoms with Gasteiger partial charge in [-0.3, -0.25) is 4.98 Å². The van der Waals surface area contributed by atoms with Gasteiger partial charge in [-0.15, -0.1) is 0 Å². The molecule has 7 aromatic rings. The smallest absolute Gasteiger partial charge is 0.164 e. The van der Waals surface area contributed by atoms with Crippen molar-refractivity contribution >= 4 is 5.57 Å². The maximum Gasteiger partial charge on any atom is 0.164 e. The second kappa shape index (κ2) is 13.0. The zero-order valence-electron chi connectivity index (χ0n) is 25.9. The zero-order chi connectivity index (χ0) is 32.1. The van der Waals surface area contributed by atoms with Gasteiger partial charge < -0.3 is 5.32 Å². The lowest BCUT2D eigenvalue weighted by molar-refractivity contribution is 0.974. The molecule has 7 nitrogen and oxygen atoms in total. The summed E-state index contributed by atoms with van der Waals surface area (Å²) in [6.07, 6.45) is 9.73. The number of benzene rings is 3. The van der Waals surface area contributed by atoms with E-state index >= 15 is 0 Å². The van der Waals surface area contributed by atoms with E-state index in [0.717, 1.165) is 68.3 Å². The summed E-state index contributed by atoms with van der Waals surface area (Å²) < 4.78 is 0. The Balaban J connectivity index is 1.20. The maximum absolute atomic E-state index is 5.16. The van der Waals surface area contributed by atoms with Gasteiger partial charge in [0.25, 0.3) is 0 Å². The normalized spacial score (nSPS) is 12.3. The lowest BCUT2D eigenvalue weighted by Crippen LogP contribution is -2.09. The van der Waals surface area contributed by atoms with E-state index in [4.69, 9.17) is 24.9 Å². The van der Waals surface area contributed by atoms with Crippen LogP contribution < -0.4 is 5.32 Å². The first-order valence-electron chi connectivity index (χ1n) is 15.7. The molecular formula is C41H29N7. The van der Waals surface area contributed by atoms with Crippen LogP contribution in [0.15, 0.2) is 158 Å². The largest absolute Gasteiger partial charge is 0.387 e. The predicted molar refractivity (Wildman–Crippen MR) is 191 cm³/mol. The summed E-state index contributed by atoms with van der Waals surface area (Å²) in [7, 11) is 0. The number of dihydropyridines is 1. The Hall–Kier alpha value is -6.60. The van der Waals surface area contributed by atoms with Gasteiger partial charge in [-0.2, -0.15) is 0 Å². The molecule has 0 aliphatic carbocycles. The summed E-state index contributed by atoms with van der Waals surface area (Å²) in [4.78, 5) is 29.1. The molecule has 3 aromatic carbocycles. The van der Waals surface area contributed by atoms with E-state index in [9.17, 15) is 0 Å². The van der Waals surface area contributed by atoms with E-state index in [1.807, 2.05) is 109 Å². The molecule has 0 atom stereocenters. The lowest BCUT2D eigenvalue weighted by Gasteiger charge is -2.13. The van der Waals surface area contributed by atoms with Gasteiger partial charge in [-0.05, 0) is 60.3 Å². The van der Waals surface area contributed by atoms with Crippen molar-refractivity contribution in [2.24, 2.45) is 0 Å². The predicted octanol–water partition coefficient (Wildman–Crippen LogP) is 8.56. The number of pyridine rings is 3. The van der Waals surface area contributed by atoms with Gasteiger partial charge in [-0.1, -0.05) is 91.0 Å². The minimum absolute atomic E-state index is 0.602. The molecule has 5 heterocycles. The fourth-order valence-electron chi connectivity index (χ4n) is 5.65. The molecule has 0 spiro atoms. The summed E-state index contributed by atoms with van der Waals surface area (Å²) in [5, 5.41) is 3.22. The van der Waals surface area contributed by atoms with Crippen LogP contribution in [0.3, 0.4) is 0 Å². The number of nitrogens with one attached hydrogen (secondary N) is 1. The second-order valence-corrected chi connectivity index (χ2v) is 11.3. The quantitative estimate of drug-likeness (QED) is 0.191. The third-order valence-electron chi connectivity index (χ3n) is 8.08. The van der Waals surface area contributed by atoms with Crippen molar-refractivity contribution in [3.8, 4) is 67.9 Å². The molecule has 0 amide bonds. The highest BCUT2D eigenvalue weighted by Gasteiger charge is 2.15. The van der Waals surface area contributed by atoms with Crippen LogP contribution in [-0.4, -0.2) is 36.4 Å². The van der Waals surface area contributed by atoms with Crippen LogP contribution in [0.4, 0.5) is 0 Å². The number of nitrogens with zero attached hydrogens (tertiary/aromatic N) is 6. The Bertz CT molecular complexity index is 2220. The molecule has 4 aromatic heterocycles. The van der Waals surface area contributed by atoms with E-state index in [-0.39, 0.29) is 0 Å². The van der Waals surface area contributed by atoms with Crippen molar-refractivity contribution in [3.63, 3.8) is 0 Å². The van der Waals surface area contributed by atoms with E-state index in [0.29, 0.717) is 17.5 Å². The third kappa shape index (κ3) is 6.12. The number of hydrogen-bond donors (Lipinski definition) is 1. The molecule has 1 aliphatic rings. The van der Waals surface area contributed by atoms with Crippen molar-refractivity contribution < 1.29 is 0 Å². The minimum atomic E-state index is 0.602. The Labute approximate surface area is 278 Å². The van der Waals surface area contributed by atoms with Crippen molar-refractivity contribution in [1.29, 1.82) is 0 Å². The topological polar surface area (TPSA) is 89.4 Å². The van der Waals surface area contributed by atoms with Gasteiger partial charge >= 0.3 is 0 Å². The summed E-state index contributed by atoms with van der Waals surface area (Å²) in [5.74, 6) is 1.86. The average molecular weight is 620 g/mol. The van der Waals surface area contributed by atoms with Crippen molar-refractivity contribution in [2.45, 2.75) is 0 Å². The fourth-order valence-corrected chi connectivity index (χ4v) is 5.65. The van der Waals surface area contributed by atoms with Crippen molar-refractivity contribution in [1.82, 2.24) is 35.2 Å². The number of aromatic nitrogens is 6. The first kappa shape index (κ1) is 28.8. The first-order valence-corrected chi connectivity index (χ1v) is 15.7. The molecule has 0 bridgehead atoms. The molecule has 48 heavy (non-hydrogen) atoms. The van der Waals surface area contributed by atoms with Crippen LogP contribution in [0, 0.1) is 0 Å². The zero-order valence-corrected chi connectivity index (χ0v) is 25.9. The number of hydrogen-bond acceptors (Lipinski definition) is 7. The van der Waals surface area contributed by atoms with Crippen LogP contribution in [0.25, 0.3) is 73.5 Å². The molecule has 1 N–H and O–H groups in total. The van der Waals surface area contributed by atoms with Crippen LogP contribution in [0.5, 0.6) is 0 Å². The SMILES string of the molecule is C1=CC(c2cc(-c3cccc(-c4cccc(-c5nc(-c6ccccc6)nc(-c6ccccc6)n5)c4)n3)cc(-c3ccncc3)n2)=CCN1. The van der Waals surface area contributed by atoms with Gasteiger partial charge in [0.1, 0.15) is 0 Å². The van der Waals surface area contributed by atoms with E-state index in [2.05, 4.69) is 46.7 Å². The van der Waals surface area contributed by atoms with Gasteiger partial charge in [0.2, 0.25) is 0 Å². The number of rotatable bonds is 7. The highest BCUT2D eigenvalue weighted by molar-refractivity contribution is 5.80. The molecule has 1 aliphatic heterocycles. The molecule has 8 rings (SSSR count). The Morgan fingerprint density at radius 3 is 1.65 bits per heavy atom. The van der Waals surface area contributed by atoms with Crippen molar-refractivity contribution in [2.75, 3.05) is 6.54 Å². The highest BCUT2D eigenvalue weighted by Crippen LogP contribution is 2.31. The van der Waals surface area contributed by atoms with Gasteiger partial charge in [-0.25, -0.2) is 24.9 Å². The molecule has 228 valence electrons. The fraction of sp³-hybridized carbons (Fsp3) is 0.0244. The standard InChI is InChI=1S/C41H29N7/c1-3-9-30(10-4-1)39-46-40(31-11-5-2-6-12-31)48-41(47-39)33-14-7-13-32(25-33)35-15-8-16-36(44-35)34-26-37(28-17-21-42-22-18-28)45-38(27-34)29-19-23-43-24-20-29/h1-23,25-27,43H,24H2. The molecule has 0 saturated carbocycles. The Morgan fingerprint density at radius 2 is 0.979 bits per heavy atom. The summed E-state index contributed by atoms with van der Waals surface area (Å²) in [6.45, 7) is 0.757. The Morgan fingerprint density at radius 1 is 0.417 bits per heavy atom. The molecular weight excluding hydrogens is 591 g/mol. The van der Waals surface area contributed by atoms with Crippen LogP contribution in [0.2, 0.25) is 0 Å². The summed E-state index contributed by atoms with van der Waals surface area (Å²) >= 11 is 0. The maximum atomic E-state index is 5.16. The molecule has 0 radical (unpaired) electrons. The van der Waals surface area contributed by atoms with Gasteiger partial charge in [0, 0.05) is 52.3 Å². The van der Waals surface area contributed by atoms with Crippen LogP contribution >= 0.6 is 0 Å². The van der Waals surface area contributed by atoms with Gasteiger partial charge in [0.15, 0.2) is 17.5 Å². The number of allylic oxidation sites excluding steroid dienone is 2. The minimum Gasteiger partial charge on any atom is -0.387 e. The molecule has 0 unspecified atom stereocenters. The third-order valence-corrected chi connectivity index (χ3v) is 8.08. The van der Waals surface area contributed by atoms with E-state index in [1.54, 1.807) is 12.4 Å². The van der Waals surface area contributed by atoms with Crippen LogP contribution in [0.1, 0.15) is 5.69 Å². The van der Waals surface area contributed by atoms with E-state index < -0.39 is 0 Å². The van der Waals surface area contributed by atoms with E-state index in [1.165, 1.54) is 0 Å². The Kier molecular flexibility index (Phi) is 7.83. The molecule has 0 saturated heterocycles.